The highest BCUT2D eigenvalue weighted by molar-refractivity contribution is 7.18. The van der Waals surface area contributed by atoms with E-state index in [4.69, 9.17) is 11.6 Å². The average molecular weight is 434 g/mol. The number of nitrogens with zero attached hydrogens (tertiary/aromatic N) is 2. The summed E-state index contributed by atoms with van der Waals surface area (Å²) < 4.78 is 0. The summed E-state index contributed by atoms with van der Waals surface area (Å²) in [6.07, 6.45) is 1.34. The summed E-state index contributed by atoms with van der Waals surface area (Å²) in [5.74, 6) is -0.265. The minimum absolute atomic E-state index is 0.0241. The molecule has 1 aliphatic heterocycles. The molecule has 1 fully saturated rings. The second kappa shape index (κ2) is 8.97. The van der Waals surface area contributed by atoms with Crippen molar-refractivity contribution >= 4 is 45.7 Å². The van der Waals surface area contributed by atoms with Crippen molar-refractivity contribution in [2.24, 2.45) is 5.92 Å². The second-order valence-electron chi connectivity index (χ2n) is 7.36. The number of carbonyl (C=O) groups excluding carboxylic acids is 3. The molecule has 0 atom stereocenters. The van der Waals surface area contributed by atoms with Crippen LogP contribution < -0.4 is 5.32 Å². The van der Waals surface area contributed by atoms with E-state index in [1.807, 2.05) is 6.92 Å². The molecule has 2 heterocycles. The Kier molecular flexibility index (Phi) is 6.59. The minimum atomic E-state index is -0.307. The predicted octanol–water partition coefficient (Wildman–Crippen LogP) is 3.90. The number of likely N-dealkylation sites (tertiary alicyclic amines) is 1. The van der Waals surface area contributed by atoms with Gasteiger partial charge >= 0.3 is 0 Å². The van der Waals surface area contributed by atoms with Gasteiger partial charge in [-0.05, 0) is 43.5 Å². The third kappa shape index (κ3) is 4.79. The van der Waals surface area contributed by atoms with E-state index in [1.165, 1.54) is 11.3 Å². The summed E-state index contributed by atoms with van der Waals surface area (Å²) in [6.45, 7) is 2.97. The molecule has 0 unspecified atom stereocenters. The number of anilines is 1. The first-order valence-corrected chi connectivity index (χ1v) is 10.6. The predicted molar refractivity (Wildman–Crippen MR) is 116 cm³/mol. The van der Waals surface area contributed by atoms with Crippen molar-refractivity contribution in [1.82, 2.24) is 9.80 Å². The van der Waals surface area contributed by atoms with Crippen molar-refractivity contribution in [3.8, 4) is 0 Å². The fourth-order valence-electron chi connectivity index (χ4n) is 3.42. The van der Waals surface area contributed by atoms with Crippen LogP contribution in [0.1, 0.15) is 38.4 Å². The van der Waals surface area contributed by atoms with Crippen molar-refractivity contribution < 1.29 is 14.4 Å². The highest BCUT2D eigenvalue weighted by Gasteiger charge is 2.30. The Bertz CT molecular complexity index is 933. The van der Waals surface area contributed by atoms with E-state index in [2.05, 4.69) is 5.32 Å². The Morgan fingerprint density at radius 2 is 1.83 bits per heavy atom. The molecule has 0 radical (unpaired) electrons. The maximum Gasteiger partial charge on any atom is 0.264 e. The van der Waals surface area contributed by atoms with Gasteiger partial charge in [0.2, 0.25) is 5.91 Å². The van der Waals surface area contributed by atoms with Crippen molar-refractivity contribution in [2.45, 2.75) is 19.8 Å². The van der Waals surface area contributed by atoms with E-state index in [1.54, 1.807) is 54.2 Å². The highest BCUT2D eigenvalue weighted by atomic mass is 35.5. The van der Waals surface area contributed by atoms with Crippen LogP contribution in [-0.4, -0.2) is 54.7 Å². The number of hydrogen-bond acceptors (Lipinski definition) is 4. The SMILES string of the molecule is Cc1cc(NC(=O)c2ccccc2Cl)sc1C(=O)N1CCC(C(=O)N(C)C)CC1. The van der Waals surface area contributed by atoms with Crippen LogP contribution in [0.15, 0.2) is 30.3 Å². The van der Waals surface area contributed by atoms with Crippen molar-refractivity contribution in [1.29, 1.82) is 0 Å². The summed E-state index contributed by atoms with van der Waals surface area (Å²) in [7, 11) is 3.51. The molecule has 1 saturated heterocycles. The maximum absolute atomic E-state index is 13.0. The van der Waals surface area contributed by atoms with Crippen molar-refractivity contribution in [3.05, 3.63) is 51.4 Å². The second-order valence-corrected chi connectivity index (χ2v) is 8.82. The van der Waals surface area contributed by atoms with Gasteiger partial charge in [-0.25, -0.2) is 0 Å². The Balaban J connectivity index is 1.66. The molecule has 3 rings (SSSR count). The molecule has 3 amide bonds. The van der Waals surface area contributed by atoms with Crippen LogP contribution in [-0.2, 0) is 4.79 Å². The van der Waals surface area contributed by atoms with Crippen LogP contribution in [0.2, 0.25) is 5.02 Å². The van der Waals surface area contributed by atoms with E-state index in [0.717, 1.165) is 5.56 Å². The molecule has 29 heavy (non-hydrogen) atoms. The molecule has 0 aliphatic carbocycles. The molecule has 1 aromatic heterocycles. The minimum Gasteiger partial charge on any atom is -0.349 e. The first kappa shape index (κ1) is 21.3. The number of benzene rings is 1. The summed E-state index contributed by atoms with van der Waals surface area (Å²) >= 11 is 7.34. The Morgan fingerprint density at radius 1 is 1.17 bits per heavy atom. The number of thiophene rings is 1. The van der Waals surface area contributed by atoms with Gasteiger partial charge < -0.3 is 15.1 Å². The average Bonchev–Trinajstić information content (AvgIpc) is 3.07. The summed E-state index contributed by atoms with van der Waals surface area (Å²) in [5, 5.41) is 3.81. The third-order valence-corrected chi connectivity index (χ3v) is 6.51. The maximum atomic E-state index is 13.0. The zero-order valence-electron chi connectivity index (χ0n) is 16.7. The smallest absolute Gasteiger partial charge is 0.264 e. The lowest BCUT2D eigenvalue weighted by Crippen LogP contribution is -2.42. The number of amides is 3. The molecular formula is C21H24ClN3O3S. The molecule has 0 spiro atoms. The van der Waals surface area contributed by atoms with Crippen LogP contribution >= 0.6 is 22.9 Å². The lowest BCUT2D eigenvalue weighted by atomic mass is 9.95. The molecule has 2 aromatic rings. The number of aryl methyl sites for hydroxylation is 1. The molecular weight excluding hydrogens is 410 g/mol. The van der Waals surface area contributed by atoms with Crippen LogP contribution in [0, 0.1) is 12.8 Å². The van der Waals surface area contributed by atoms with Crippen LogP contribution in [0.4, 0.5) is 5.00 Å². The van der Waals surface area contributed by atoms with Crippen molar-refractivity contribution in [2.75, 3.05) is 32.5 Å². The summed E-state index contributed by atoms with van der Waals surface area (Å²) in [5.41, 5.74) is 1.21. The van der Waals surface area contributed by atoms with E-state index in [9.17, 15) is 14.4 Å². The monoisotopic (exact) mass is 433 g/mol. The Labute approximate surface area is 179 Å². The largest absolute Gasteiger partial charge is 0.349 e. The van der Waals surface area contributed by atoms with Gasteiger partial charge in [0.15, 0.2) is 0 Å². The topological polar surface area (TPSA) is 69.7 Å². The molecule has 1 aliphatic rings. The molecule has 0 bridgehead atoms. The van der Waals surface area contributed by atoms with Crippen LogP contribution in [0.3, 0.4) is 0 Å². The number of hydrogen-bond donors (Lipinski definition) is 1. The van der Waals surface area contributed by atoms with Gasteiger partial charge in [0, 0.05) is 33.1 Å². The molecule has 1 aromatic carbocycles. The number of halogens is 1. The van der Waals surface area contributed by atoms with Crippen LogP contribution in [0.5, 0.6) is 0 Å². The van der Waals surface area contributed by atoms with E-state index < -0.39 is 0 Å². The molecule has 6 nitrogen and oxygen atoms in total. The van der Waals surface area contributed by atoms with Gasteiger partial charge in [0.05, 0.1) is 20.5 Å². The third-order valence-electron chi connectivity index (χ3n) is 5.04. The number of rotatable bonds is 4. The zero-order chi connectivity index (χ0) is 21.1. The Morgan fingerprint density at radius 3 is 2.45 bits per heavy atom. The van der Waals surface area contributed by atoms with Gasteiger partial charge in [-0.2, -0.15) is 0 Å². The van der Waals surface area contributed by atoms with Gasteiger partial charge in [0.25, 0.3) is 11.8 Å². The van der Waals surface area contributed by atoms with Gasteiger partial charge in [-0.1, -0.05) is 23.7 Å². The fraction of sp³-hybridized carbons (Fsp3) is 0.381. The van der Waals surface area contributed by atoms with E-state index in [0.29, 0.717) is 46.4 Å². The standard InChI is InChI=1S/C21H24ClN3O3S/c1-13-12-17(23-19(26)15-6-4-5-7-16(15)22)29-18(13)21(28)25-10-8-14(9-11-25)20(27)24(2)3/h4-7,12,14H,8-11H2,1-3H3,(H,23,26). The highest BCUT2D eigenvalue weighted by Crippen LogP contribution is 2.30. The number of piperidine rings is 1. The lowest BCUT2D eigenvalue weighted by Gasteiger charge is -2.32. The fourth-order valence-corrected chi connectivity index (χ4v) is 4.68. The van der Waals surface area contributed by atoms with E-state index in [-0.39, 0.29) is 23.6 Å². The number of nitrogens with one attached hydrogen (secondary N) is 1. The summed E-state index contributed by atoms with van der Waals surface area (Å²) in [6, 6.07) is 8.63. The van der Waals surface area contributed by atoms with Crippen molar-refractivity contribution in [3.63, 3.8) is 0 Å². The quantitative estimate of drug-likeness (QED) is 0.794. The first-order valence-electron chi connectivity index (χ1n) is 9.44. The summed E-state index contributed by atoms with van der Waals surface area (Å²) in [4.78, 5) is 41.6. The van der Waals surface area contributed by atoms with Gasteiger partial charge in [0.1, 0.15) is 0 Å². The molecule has 0 saturated carbocycles. The lowest BCUT2D eigenvalue weighted by molar-refractivity contribution is -0.134. The van der Waals surface area contributed by atoms with E-state index >= 15 is 0 Å². The molecule has 1 N–H and O–H groups in total. The number of carbonyl (C=O) groups is 3. The van der Waals surface area contributed by atoms with Gasteiger partial charge in [-0.15, -0.1) is 11.3 Å². The Hall–Kier alpha value is -2.38. The molecule has 154 valence electrons. The molecule has 8 heteroatoms. The normalized spacial score (nSPS) is 14.6. The van der Waals surface area contributed by atoms with Crippen LogP contribution in [0.25, 0.3) is 0 Å². The zero-order valence-corrected chi connectivity index (χ0v) is 18.3. The first-order chi connectivity index (χ1) is 13.8. The van der Waals surface area contributed by atoms with Gasteiger partial charge in [-0.3, -0.25) is 14.4 Å².